The number of hydrogen-bond acceptors (Lipinski definition) is 3. The summed E-state index contributed by atoms with van der Waals surface area (Å²) in [7, 11) is 1.58. The van der Waals surface area contributed by atoms with Crippen LogP contribution in [0, 0.1) is 5.92 Å². The van der Waals surface area contributed by atoms with Crippen molar-refractivity contribution in [2.75, 3.05) is 13.7 Å². The zero-order valence-corrected chi connectivity index (χ0v) is 6.87. The third-order valence-corrected chi connectivity index (χ3v) is 1.81. The van der Waals surface area contributed by atoms with Gasteiger partial charge in [0.25, 0.3) is 0 Å². The summed E-state index contributed by atoms with van der Waals surface area (Å²) in [5.41, 5.74) is 5.35. The van der Waals surface area contributed by atoms with E-state index in [2.05, 4.69) is 0 Å². The molecule has 10 heavy (non-hydrogen) atoms. The molecule has 0 fully saturated rings. The first-order valence-electron chi connectivity index (χ1n) is 3.54. The predicted molar refractivity (Wildman–Crippen MR) is 40.7 cm³/mol. The predicted octanol–water partition coefficient (Wildman–Crippen LogP) is -0.0230. The molecular formula is C7H17NO2. The Kier molecular flexibility index (Phi) is 4.60. The molecule has 0 aromatic heterocycles. The summed E-state index contributed by atoms with van der Waals surface area (Å²) in [6, 6.07) is 0. The van der Waals surface area contributed by atoms with Gasteiger partial charge in [-0.25, -0.2) is 0 Å². The second kappa shape index (κ2) is 4.66. The topological polar surface area (TPSA) is 55.5 Å². The molecule has 0 radical (unpaired) electrons. The number of aliphatic hydroxyl groups excluding tert-OH is 1. The van der Waals surface area contributed by atoms with Crippen LogP contribution >= 0.6 is 0 Å². The van der Waals surface area contributed by atoms with E-state index in [0.29, 0.717) is 6.54 Å². The summed E-state index contributed by atoms with van der Waals surface area (Å²) < 4.78 is 4.93. The SMILES string of the molecule is COC(C)C(O)C(C)CN. The van der Waals surface area contributed by atoms with Gasteiger partial charge in [0, 0.05) is 7.11 Å². The summed E-state index contributed by atoms with van der Waals surface area (Å²) >= 11 is 0. The fourth-order valence-corrected chi connectivity index (χ4v) is 0.742. The van der Waals surface area contributed by atoms with Crippen molar-refractivity contribution in [2.24, 2.45) is 11.7 Å². The van der Waals surface area contributed by atoms with Crippen LogP contribution in [-0.4, -0.2) is 31.0 Å². The molecule has 0 amide bonds. The van der Waals surface area contributed by atoms with Crippen LogP contribution in [0.4, 0.5) is 0 Å². The normalized spacial score (nSPS) is 20.1. The van der Waals surface area contributed by atoms with Gasteiger partial charge >= 0.3 is 0 Å². The Labute approximate surface area is 62.2 Å². The van der Waals surface area contributed by atoms with E-state index in [1.54, 1.807) is 7.11 Å². The van der Waals surface area contributed by atoms with Crippen molar-refractivity contribution >= 4 is 0 Å². The van der Waals surface area contributed by atoms with E-state index >= 15 is 0 Å². The third-order valence-electron chi connectivity index (χ3n) is 1.81. The molecule has 62 valence electrons. The van der Waals surface area contributed by atoms with E-state index in [1.807, 2.05) is 13.8 Å². The molecule has 0 spiro atoms. The monoisotopic (exact) mass is 147 g/mol. The molecule has 0 saturated carbocycles. The molecule has 0 rings (SSSR count). The van der Waals surface area contributed by atoms with Crippen molar-refractivity contribution in [3.63, 3.8) is 0 Å². The van der Waals surface area contributed by atoms with Gasteiger partial charge in [0.1, 0.15) is 0 Å². The van der Waals surface area contributed by atoms with Crippen LogP contribution in [0.2, 0.25) is 0 Å². The van der Waals surface area contributed by atoms with Crippen LogP contribution < -0.4 is 5.73 Å². The first-order chi connectivity index (χ1) is 4.63. The van der Waals surface area contributed by atoms with Gasteiger partial charge in [0.15, 0.2) is 0 Å². The highest BCUT2D eigenvalue weighted by molar-refractivity contribution is 4.70. The van der Waals surface area contributed by atoms with E-state index in [0.717, 1.165) is 0 Å². The summed E-state index contributed by atoms with van der Waals surface area (Å²) in [6.07, 6.45) is -0.575. The number of rotatable bonds is 4. The highest BCUT2D eigenvalue weighted by Gasteiger charge is 2.18. The average Bonchev–Trinajstić information content (AvgIpc) is 2.00. The first kappa shape index (κ1) is 9.88. The summed E-state index contributed by atoms with van der Waals surface area (Å²) in [5.74, 6) is 0.106. The quantitative estimate of drug-likeness (QED) is 0.587. The van der Waals surface area contributed by atoms with E-state index in [9.17, 15) is 5.11 Å². The Morgan fingerprint density at radius 2 is 2.00 bits per heavy atom. The standard InChI is InChI=1S/C7H17NO2/c1-5(4-8)7(9)6(2)10-3/h5-7,9H,4,8H2,1-3H3. The molecule has 0 aliphatic heterocycles. The van der Waals surface area contributed by atoms with Crippen LogP contribution in [-0.2, 0) is 4.74 Å². The minimum atomic E-state index is -0.449. The molecule has 0 aliphatic carbocycles. The molecule has 3 atom stereocenters. The zero-order chi connectivity index (χ0) is 8.15. The number of hydrogen-bond donors (Lipinski definition) is 2. The second-order valence-electron chi connectivity index (χ2n) is 2.64. The summed E-state index contributed by atoms with van der Waals surface area (Å²) in [6.45, 7) is 4.23. The third kappa shape index (κ3) is 2.64. The Bertz CT molecular complexity index is 77.7. The maximum absolute atomic E-state index is 9.38. The second-order valence-corrected chi connectivity index (χ2v) is 2.64. The van der Waals surface area contributed by atoms with Gasteiger partial charge in [-0.3, -0.25) is 0 Å². The molecular weight excluding hydrogens is 130 g/mol. The number of methoxy groups -OCH3 is 1. The van der Waals surface area contributed by atoms with Gasteiger partial charge in [-0.05, 0) is 19.4 Å². The van der Waals surface area contributed by atoms with Gasteiger partial charge in [0.05, 0.1) is 12.2 Å². The Morgan fingerprint density at radius 3 is 2.30 bits per heavy atom. The molecule has 3 N–H and O–H groups in total. The van der Waals surface area contributed by atoms with Gasteiger partial charge in [-0.2, -0.15) is 0 Å². The lowest BCUT2D eigenvalue weighted by molar-refractivity contribution is -0.0254. The highest BCUT2D eigenvalue weighted by Crippen LogP contribution is 2.07. The van der Waals surface area contributed by atoms with Crippen molar-refractivity contribution in [1.29, 1.82) is 0 Å². The smallest absolute Gasteiger partial charge is 0.0836 e. The number of ether oxygens (including phenoxy) is 1. The number of nitrogens with two attached hydrogens (primary N) is 1. The van der Waals surface area contributed by atoms with Gasteiger partial charge in [-0.15, -0.1) is 0 Å². The fourth-order valence-electron chi connectivity index (χ4n) is 0.742. The molecule has 0 aliphatic rings. The van der Waals surface area contributed by atoms with Crippen molar-refractivity contribution in [3.05, 3.63) is 0 Å². The maximum Gasteiger partial charge on any atom is 0.0836 e. The summed E-state index contributed by atoms with van der Waals surface area (Å²) in [4.78, 5) is 0. The van der Waals surface area contributed by atoms with Crippen molar-refractivity contribution < 1.29 is 9.84 Å². The first-order valence-corrected chi connectivity index (χ1v) is 3.54. The van der Waals surface area contributed by atoms with E-state index in [-0.39, 0.29) is 12.0 Å². The maximum atomic E-state index is 9.38. The van der Waals surface area contributed by atoms with Crippen LogP contribution in [0.5, 0.6) is 0 Å². The molecule has 0 saturated heterocycles. The van der Waals surface area contributed by atoms with Crippen LogP contribution in [0.25, 0.3) is 0 Å². The number of aliphatic hydroxyl groups is 1. The molecule has 0 heterocycles. The molecule has 3 heteroatoms. The summed E-state index contributed by atoms with van der Waals surface area (Å²) in [5, 5.41) is 9.38. The van der Waals surface area contributed by atoms with Crippen molar-refractivity contribution in [1.82, 2.24) is 0 Å². The minimum absolute atomic E-state index is 0.106. The molecule has 3 nitrogen and oxygen atoms in total. The highest BCUT2D eigenvalue weighted by atomic mass is 16.5. The van der Waals surface area contributed by atoms with Crippen LogP contribution in [0.3, 0.4) is 0 Å². The Morgan fingerprint density at radius 1 is 1.50 bits per heavy atom. The molecule has 0 aromatic carbocycles. The van der Waals surface area contributed by atoms with Gasteiger partial charge in [0.2, 0.25) is 0 Å². The largest absolute Gasteiger partial charge is 0.390 e. The Balaban J connectivity index is 3.69. The minimum Gasteiger partial charge on any atom is -0.390 e. The fraction of sp³-hybridized carbons (Fsp3) is 1.00. The van der Waals surface area contributed by atoms with Crippen LogP contribution in [0.1, 0.15) is 13.8 Å². The van der Waals surface area contributed by atoms with Crippen molar-refractivity contribution in [2.45, 2.75) is 26.1 Å². The molecule has 0 bridgehead atoms. The van der Waals surface area contributed by atoms with Gasteiger partial charge < -0.3 is 15.6 Å². The molecule has 0 aromatic rings. The zero-order valence-electron chi connectivity index (χ0n) is 6.87. The van der Waals surface area contributed by atoms with E-state index < -0.39 is 6.10 Å². The average molecular weight is 147 g/mol. The molecule has 3 unspecified atom stereocenters. The lowest BCUT2D eigenvalue weighted by Crippen LogP contribution is -2.35. The lowest BCUT2D eigenvalue weighted by atomic mass is 10.0. The van der Waals surface area contributed by atoms with Crippen LogP contribution in [0.15, 0.2) is 0 Å². The van der Waals surface area contributed by atoms with Crippen molar-refractivity contribution in [3.8, 4) is 0 Å². The lowest BCUT2D eigenvalue weighted by Gasteiger charge is -2.22. The van der Waals surface area contributed by atoms with E-state index in [4.69, 9.17) is 10.5 Å². The van der Waals surface area contributed by atoms with E-state index in [1.165, 1.54) is 0 Å². The Hall–Kier alpha value is -0.120. The van der Waals surface area contributed by atoms with Gasteiger partial charge in [-0.1, -0.05) is 6.92 Å².